The molecule has 72 valence electrons. The molecule has 0 aliphatic rings. The predicted octanol–water partition coefficient (Wildman–Crippen LogP) is 2.48. The lowest BCUT2D eigenvalue weighted by Gasteiger charge is -2.12. The monoisotopic (exact) mass is 246 g/mol. The summed E-state index contributed by atoms with van der Waals surface area (Å²) in [6, 6.07) is 1.77. The van der Waals surface area contributed by atoms with Crippen LogP contribution in [0.2, 0.25) is 0 Å². The number of methoxy groups -OCH3 is 2. The van der Waals surface area contributed by atoms with E-state index in [4.69, 9.17) is 9.47 Å². The zero-order valence-corrected chi connectivity index (χ0v) is 9.31. The zero-order valence-electron chi connectivity index (χ0n) is 7.72. The van der Waals surface area contributed by atoms with E-state index in [-0.39, 0.29) is 5.75 Å². The number of benzene rings is 1. The van der Waals surface area contributed by atoms with Crippen molar-refractivity contribution in [1.29, 1.82) is 0 Å². The van der Waals surface area contributed by atoms with Crippen LogP contribution in [0.1, 0.15) is 5.56 Å². The Balaban J connectivity index is 3.41. The number of hydrogen-bond donors (Lipinski definition) is 1. The molecule has 0 atom stereocenters. The molecule has 0 unspecified atom stereocenters. The van der Waals surface area contributed by atoms with E-state index >= 15 is 0 Å². The van der Waals surface area contributed by atoms with Crippen molar-refractivity contribution in [3.63, 3.8) is 0 Å². The second kappa shape index (κ2) is 3.87. The summed E-state index contributed by atoms with van der Waals surface area (Å²) in [6.45, 7) is 1.79. The number of aryl methyl sites for hydroxylation is 1. The molecule has 0 bridgehead atoms. The van der Waals surface area contributed by atoms with E-state index in [0.717, 1.165) is 10.0 Å². The Hall–Kier alpha value is -0.900. The summed E-state index contributed by atoms with van der Waals surface area (Å²) < 4.78 is 10.9. The van der Waals surface area contributed by atoms with Gasteiger partial charge < -0.3 is 14.6 Å². The van der Waals surface area contributed by atoms with Crippen molar-refractivity contribution in [3.8, 4) is 17.2 Å². The van der Waals surface area contributed by atoms with Crippen LogP contribution in [0.25, 0.3) is 0 Å². The molecule has 1 rings (SSSR count). The van der Waals surface area contributed by atoms with Gasteiger partial charge >= 0.3 is 0 Å². The zero-order chi connectivity index (χ0) is 10.0. The van der Waals surface area contributed by atoms with Crippen LogP contribution >= 0.6 is 15.9 Å². The lowest BCUT2D eigenvalue weighted by molar-refractivity contribution is 0.330. The smallest absolute Gasteiger partial charge is 0.204 e. The van der Waals surface area contributed by atoms with Gasteiger partial charge in [-0.05, 0) is 34.5 Å². The molecule has 1 aromatic carbocycles. The summed E-state index contributed by atoms with van der Waals surface area (Å²) in [7, 11) is 3.01. The minimum atomic E-state index is 0.113. The van der Waals surface area contributed by atoms with Crippen molar-refractivity contribution in [2.75, 3.05) is 14.2 Å². The molecule has 1 N–H and O–H groups in total. The number of phenolic OH excluding ortho intramolecular Hbond substituents is 1. The molecule has 0 saturated heterocycles. The van der Waals surface area contributed by atoms with Crippen molar-refractivity contribution in [2.24, 2.45) is 0 Å². The third-order valence-corrected chi connectivity index (χ3v) is 2.35. The molecule has 0 aromatic heterocycles. The highest BCUT2D eigenvalue weighted by Crippen LogP contribution is 2.43. The van der Waals surface area contributed by atoms with E-state index in [2.05, 4.69) is 15.9 Å². The fourth-order valence-corrected chi connectivity index (χ4v) is 1.78. The van der Waals surface area contributed by atoms with Gasteiger partial charge in [0.15, 0.2) is 11.5 Å². The first kappa shape index (κ1) is 10.2. The van der Waals surface area contributed by atoms with Gasteiger partial charge in [0, 0.05) is 0 Å². The number of hydrogen-bond acceptors (Lipinski definition) is 3. The number of halogens is 1. The molecule has 3 nitrogen and oxygen atoms in total. The van der Waals surface area contributed by atoms with E-state index in [0.29, 0.717) is 11.5 Å². The first-order valence-electron chi connectivity index (χ1n) is 3.71. The maximum absolute atomic E-state index is 9.61. The van der Waals surface area contributed by atoms with E-state index in [1.165, 1.54) is 14.2 Å². The van der Waals surface area contributed by atoms with E-state index in [1.54, 1.807) is 13.0 Å². The largest absolute Gasteiger partial charge is 0.504 e. The highest BCUT2D eigenvalue weighted by Gasteiger charge is 2.15. The van der Waals surface area contributed by atoms with Crippen LogP contribution in [-0.2, 0) is 0 Å². The van der Waals surface area contributed by atoms with Gasteiger partial charge in [-0.2, -0.15) is 0 Å². The van der Waals surface area contributed by atoms with Crippen molar-refractivity contribution >= 4 is 15.9 Å². The molecular weight excluding hydrogens is 236 g/mol. The Kier molecular flexibility index (Phi) is 3.03. The molecular formula is C9H11BrO3. The summed E-state index contributed by atoms with van der Waals surface area (Å²) >= 11 is 3.32. The van der Waals surface area contributed by atoms with Gasteiger partial charge in [0.25, 0.3) is 0 Å². The Labute approximate surface area is 85.4 Å². The maximum atomic E-state index is 9.61. The lowest BCUT2D eigenvalue weighted by Crippen LogP contribution is -1.93. The average Bonchev–Trinajstić information content (AvgIpc) is 2.10. The summed E-state index contributed by atoms with van der Waals surface area (Å²) in [5, 5.41) is 9.61. The van der Waals surface area contributed by atoms with Gasteiger partial charge in [-0.15, -0.1) is 0 Å². The van der Waals surface area contributed by atoms with Crippen molar-refractivity contribution in [1.82, 2.24) is 0 Å². The molecule has 0 aliphatic carbocycles. The molecule has 1 aromatic rings. The Bertz CT molecular complexity index is 323. The molecule has 0 saturated carbocycles. The number of phenols is 1. The van der Waals surface area contributed by atoms with Crippen LogP contribution in [0.5, 0.6) is 17.2 Å². The van der Waals surface area contributed by atoms with Crippen LogP contribution in [0, 0.1) is 6.92 Å². The molecule has 0 spiro atoms. The standard InChI is InChI=1S/C9H11BrO3/c1-5-4-6(10)8(12-2)9(13-3)7(5)11/h4,11H,1-3H3. The highest BCUT2D eigenvalue weighted by molar-refractivity contribution is 9.10. The third-order valence-electron chi connectivity index (χ3n) is 1.76. The molecule has 4 heteroatoms. The van der Waals surface area contributed by atoms with Crippen molar-refractivity contribution in [3.05, 3.63) is 16.1 Å². The molecule has 0 fully saturated rings. The van der Waals surface area contributed by atoms with E-state index in [9.17, 15) is 5.11 Å². The predicted molar refractivity (Wildman–Crippen MR) is 53.6 cm³/mol. The van der Waals surface area contributed by atoms with Crippen LogP contribution in [0.3, 0.4) is 0 Å². The quantitative estimate of drug-likeness (QED) is 0.872. The lowest BCUT2D eigenvalue weighted by atomic mass is 10.2. The SMILES string of the molecule is COc1c(Br)cc(C)c(O)c1OC. The van der Waals surface area contributed by atoms with Gasteiger partial charge in [-0.1, -0.05) is 0 Å². The van der Waals surface area contributed by atoms with Crippen LogP contribution in [-0.4, -0.2) is 19.3 Å². The van der Waals surface area contributed by atoms with Crippen molar-refractivity contribution in [2.45, 2.75) is 6.92 Å². The maximum Gasteiger partial charge on any atom is 0.204 e. The topological polar surface area (TPSA) is 38.7 Å². The van der Waals surface area contributed by atoms with Gasteiger partial charge in [0.2, 0.25) is 5.75 Å². The fourth-order valence-electron chi connectivity index (χ4n) is 1.10. The first-order valence-corrected chi connectivity index (χ1v) is 4.51. The normalized spacial score (nSPS) is 9.85. The van der Waals surface area contributed by atoms with E-state index in [1.807, 2.05) is 0 Å². The van der Waals surface area contributed by atoms with Crippen molar-refractivity contribution < 1.29 is 14.6 Å². The minimum Gasteiger partial charge on any atom is -0.504 e. The molecule has 0 heterocycles. The van der Waals surface area contributed by atoms with Gasteiger partial charge in [0.05, 0.1) is 18.7 Å². The number of ether oxygens (including phenoxy) is 2. The minimum absolute atomic E-state index is 0.113. The number of rotatable bonds is 2. The second-order valence-electron chi connectivity index (χ2n) is 2.59. The van der Waals surface area contributed by atoms with E-state index < -0.39 is 0 Å². The Morgan fingerprint density at radius 2 is 1.77 bits per heavy atom. The molecule has 0 radical (unpaired) electrons. The Morgan fingerprint density at radius 1 is 1.23 bits per heavy atom. The Morgan fingerprint density at radius 3 is 2.23 bits per heavy atom. The van der Waals surface area contributed by atoms with Gasteiger partial charge in [-0.25, -0.2) is 0 Å². The van der Waals surface area contributed by atoms with Crippen LogP contribution in [0.15, 0.2) is 10.5 Å². The highest BCUT2D eigenvalue weighted by atomic mass is 79.9. The molecule has 0 amide bonds. The summed E-state index contributed by atoms with van der Waals surface area (Å²) in [5.41, 5.74) is 0.740. The third kappa shape index (κ3) is 1.72. The molecule has 0 aliphatic heterocycles. The fraction of sp³-hybridized carbons (Fsp3) is 0.333. The second-order valence-corrected chi connectivity index (χ2v) is 3.44. The molecule has 13 heavy (non-hydrogen) atoms. The van der Waals surface area contributed by atoms with Gasteiger partial charge in [0.1, 0.15) is 0 Å². The summed E-state index contributed by atoms with van der Waals surface area (Å²) in [6.07, 6.45) is 0. The first-order chi connectivity index (χ1) is 6.11. The van der Waals surface area contributed by atoms with Gasteiger partial charge in [-0.3, -0.25) is 0 Å². The number of aromatic hydroxyl groups is 1. The van der Waals surface area contributed by atoms with Crippen LogP contribution < -0.4 is 9.47 Å². The summed E-state index contributed by atoms with van der Waals surface area (Å²) in [5.74, 6) is 0.975. The summed E-state index contributed by atoms with van der Waals surface area (Å²) in [4.78, 5) is 0. The average molecular weight is 247 g/mol. The van der Waals surface area contributed by atoms with Crippen LogP contribution in [0.4, 0.5) is 0 Å².